The zero-order chi connectivity index (χ0) is 14.8. The Hall–Kier alpha value is -0.890. The molecule has 0 fully saturated rings. The molecule has 1 heterocycles. The van der Waals surface area contributed by atoms with Crippen LogP contribution in [-0.2, 0) is 0 Å². The first-order chi connectivity index (χ1) is 9.69. The largest absolute Gasteiger partial charge is 0.313 e. The van der Waals surface area contributed by atoms with E-state index in [0.29, 0.717) is 6.04 Å². The minimum Gasteiger partial charge on any atom is -0.313 e. The van der Waals surface area contributed by atoms with Crippen molar-refractivity contribution in [2.45, 2.75) is 78.2 Å². The molecule has 0 aliphatic heterocycles. The van der Waals surface area contributed by atoms with Crippen molar-refractivity contribution in [2.24, 2.45) is 0 Å². The number of hydrogen-bond acceptors (Lipinski definition) is 2. The number of pyridine rings is 1. The van der Waals surface area contributed by atoms with Crippen molar-refractivity contribution in [1.29, 1.82) is 0 Å². The van der Waals surface area contributed by atoms with Crippen LogP contribution in [0.5, 0.6) is 0 Å². The van der Waals surface area contributed by atoms with Crippen molar-refractivity contribution in [3.05, 3.63) is 29.1 Å². The molecule has 1 atom stereocenters. The molecule has 1 aromatic heterocycles. The van der Waals surface area contributed by atoms with Crippen molar-refractivity contribution >= 4 is 0 Å². The minimum atomic E-state index is 0.457. The Morgan fingerprint density at radius 3 is 2.25 bits per heavy atom. The summed E-state index contributed by atoms with van der Waals surface area (Å²) >= 11 is 0. The highest BCUT2D eigenvalue weighted by atomic mass is 14.9. The third-order valence-electron chi connectivity index (χ3n) is 4.09. The van der Waals surface area contributed by atoms with Gasteiger partial charge in [0.25, 0.3) is 0 Å². The summed E-state index contributed by atoms with van der Waals surface area (Å²) in [5.74, 6) is 0. The molecule has 0 aliphatic carbocycles. The molecule has 0 aliphatic rings. The highest BCUT2D eigenvalue weighted by Gasteiger charge is 2.12. The second kappa shape index (κ2) is 9.93. The van der Waals surface area contributed by atoms with Crippen molar-refractivity contribution in [3.63, 3.8) is 0 Å². The van der Waals surface area contributed by atoms with Crippen LogP contribution in [0, 0.1) is 13.8 Å². The Bertz CT molecular complexity index is 374. The Balaban J connectivity index is 2.32. The molecule has 0 saturated heterocycles. The van der Waals surface area contributed by atoms with E-state index in [2.05, 4.69) is 50.3 Å². The Kier molecular flexibility index (Phi) is 8.52. The van der Waals surface area contributed by atoms with Crippen LogP contribution in [0.1, 0.15) is 81.3 Å². The SMILES string of the molecule is CCCCCCCCCC(NC)c1ccc(C)nc1C. The molecule has 1 N–H and O–H groups in total. The molecular formula is C18H32N2. The summed E-state index contributed by atoms with van der Waals surface area (Å²) in [7, 11) is 2.06. The zero-order valence-electron chi connectivity index (χ0n) is 13.8. The lowest BCUT2D eigenvalue weighted by Gasteiger charge is -2.18. The monoisotopic (exact) mass is 276 g/mol. The van der Waals surface area contributed by atoms with Gasteiger partial charge < -0.3 is 5.32 Å². The third kappa shape index (κ3) is 6.04. The summed E-state index contributed by atoms with van der Waals surface area (Å²) in [5.41, 5.74) is 3.65. The van der Waals surface area contributed by atoms with Crippen LogP contribution in [0.15, 0.2) is 12.1 Å². The molecule has 0 saturated carbocycles. The summed E-state index contributed by atoms with van der Waals surface area (Å²) in [6.45, 7) is 6.45. The van der Waals surface area contributed by atoms with Gasteiger partial charge in [0.15, 0.2) is 0 Å². The lowest BCUT2D eigenvalue weighted by atomic mass is 9.98. The van der Waals surface area contributed by atoms with Crippen LogP contribution in [0.2, 0.25) is 0 Å². The van der Waals surface area contributed by atoms with Crippen molar-refractivity contribution < 1.29 is 0 Å². The Morgan fingerprint density at radius 1 is 1.00 bits per heavy atom. The predicted octanol–water partition coefficient (Wildman–Crippen LogP) is 5.10. The maximum Gasteiger partial charge on any atom is 0.0423 e. The van der Waals surface area contributed by atoms with Crippen LogP contribution in [0.3, 0.4) is 0 Å². The van der Waals surface area contributed by atoms with Gasteiger partial charge in [0.2, 0.25) is 0 Å². The topological polar surface area (TPSA) is 24.9 Å². The van der Waals surface area contributed by atoms with E-state index in [1.54, 1.807) is 0 Å². The fourth-order valence-electron chi connectivity index (χ4n) is 2.83. The lowest BCUT2D eigenvalue weighted by molar-refractivity contribution is 0.493. The normalized spacial score (nSPS) is 12.6. The van der Waals surface area contributed by atoms with E-state index in [9.17, 15) is 0 Å². The first kappa shape index (κ1) is 17.2. The molecule has 1 unspecified atom stereocenters. The van der Waals surface area contributed by atoms with E-state index in [1.165, 1.54) is 62.6 Å². The first-order valence-corrected chi connectivity index (χ1v) is 8.30. The van der Waals surface area contributed by atoms with E-state index in [1.807, 2.05) is 0 Å². The molecule has 1 rings (SSSR count). The van der Waals surface area contributed by atoms with E-state index in [4.69, 9.17) is 0 Å². The highest BCUT2D eigenvalue weighted by molar-refractivity contribution is 5.25. The maximum absolute atomic E-state index is 4.58. The summed E-state index contributed by atoms with van der Waals surface area (Å²) in [4.78, 5) is 4.58. The molecule has 2 nitrogen and oxygen atoms in total. The average Bonchev–Trinajstić information content (AvgIpc) is 2.43. The van der Waals surface area contributed by atoms with Crippen molar-refractivity contribution in [1.82, 2.24) is 10.3 Å². The van der Waals surface area contributed by atoms with Gasteiger partial charge in [-0.1, -0.05) is 57.9 Å². The number of aromatic nitrogens is 1. The van der Waals surface area contributed by atoms with Gasteiger partial charge in [-0.2, -0.15) is 0 Å². The Labute approximate surface area is 125 Å². The molecule has 1 aromatic rings. The lowest BCUT2D eigenvalue weighted by Crippen LogP contribution is -2.18. The minimum absolute atomic E-state index is 0.457. The average molecular weight is 276 g/mol. The van der Waals surface area contributed by atoms with Gasteiger partial charge in [-0.15, -0.1) is 0 Å². The fourth-order valence-corrected chi connectivity index (χ4v) is 2.83. The molecule has 2 heteroatoms. The molecule has 20 heavy (non-hydrogen) atoms. The van der Waals surface area contributed by atoms with Gasteiger partial charge in [-0.05, 0) is 38.9 Å². The van der Waals surface area contributed by atoms with E-state index >= 15 is 0 Å². The number of aryl methyl sites for hydroxylation is 2. The predicted molar refractivity (Wildman–Crippen MR) is 88.1 cm³/mol. The van der Waals surface area contributed by atoms with Crippen molar-refractivity contribution in [3.8, 4) is 0 Å². The van der Waals surface area contributed by atoms with Crippen LogP contribution >= 0.6 is 0 Å². The van der Waals surface area contributed by atoms with E-state index in [-0.39, 0.29) is 0 Å². The quantitative estimate of drug-likeness (QED) is 0.601. The highest BCUT2D eigenvalue weighted by Crippen LogP contribution is 2.22. The number of hydrogen-bond donors (Lipinski definition) is 1. The molecular weight excluding hydrogens is 244 g/mol. The molecule has 0 aromatic carbocycles. The number of rotatable bonds is 10. The van der Waals surface area contributed by atoms with Crippen molar-refractivity contribution in [2.75, 3.05) is 7.05 Å². The summed E-state index contributed by atoms with van der Waals surface area (Å²) in [6.07, 6.45) is 10.8. The Morgan fingerprint density at radius 2 is 1.65 bits per heavy atom. The van der Waals surface area contributed by atoms with Gasteiger partial charge in [-0.25, -0.2) is 0 Å². The van der Waals surface area contributed by atoms with Gasteiger partial charge in [0.05, 0.1) is 0 Å². The third-order valence-corrected chi connectivity index (χ3v) is 4.09. The zero-order valence-corrected chi connectivity index (χ0v) is 13.8. The van der Waals surface area contributed by atoms with Gasteiger partial charge >= 0.3 is 0 Å². The van der Waals surface area contributed by atoms with Gasteiger partial charge in [0, 0.05) is 17.4 Å². The second-order valence-corrected chi connectivity index (χ2v) is 5.88. The summed E-state index contributed by atoms with van der Waals surface area (Å²) < 4.78 is 0. The maximum atomic E-state index is 4.58. The second-order valence-electron chi connectivity index (χ2n) is 5.88. The molecule has 0 bridgehead atoms. The molecule has 0 amide bonds. The van der Waals surface area contributed by atoms with Crippen LogP contribution in [0.4, 0.5) is 0 Å². The number of nitrogens with one attached hydrogen (secondary N) is 1. The van der Waals surface area contributed by atoms with Gasteiger partial charge in [-0.3, -0.25) is 4.98 Å². The molecule has 0 radical (unpaired) electrons. The van der Waals surface area contributed by atoms with Crippen LogP contribution < -0.4 is 5.32 Å². The summed E-state index contributed by atoms with van der Waals surface area (Å²) in [6, 6.07) is 4.82. The van der Waals surface area contributed by atoms with E-state index < -0.39 is 0 Å². The standard InChI is InChI=1S/C18H32N2/c1-5-6-7-8-9-10-11-12-18(19-4)17-14-13-15(2)20-16(17)3/h13-14,18-19H,5-12H2,1-4H3. The first-order valence-electron chi connectivity index (χ1n) is 8.30. The van der Waals surface area contributed by atoms with Crippen LogP contribution in [-0.4, -0.2) is 12.0 Å². The van der Waals surface area contributed by atoms with E-state index in [0.717, 1.165) is 5.69 Å². The molecule has 0 spiro atoms. The van der Waals surface area contributed by atoms with Gasteiger partial charge in [0.1, 0.15) is 0 Å². The number of unbranched alkanes of at least 4 members (excludes halogenated alkanes) is 6. The summed E-state index contributed by atoms with van der Waals surface area (Å²) in [5, 5.41) is 3.45. The van der Waals surface area contributed by atoms with Crippen LogP contribution in [0.25, 0.3) is 0 Å². The fraction of sp³-hybridized carbons (Fsp3) is 0.722. The molecule has 114 valence electrons. The number of nitrogens with zero attached hydrogens (tertiary/aromatic N) is 1. The smallest absolute Gasteiger partial charge is 0.0423 e.